The number of carbonyl (C=O) groups is 1. The molecule has 1 aromatic heterocycles. The van der Waals surface area contributed by atoms with Crippen LogP contribution in [-0.2, 0) is 17.8 Å². The molecule has 1 unspecified atom stereocenters. The number of aliphatic hydroxyl groups excluding tert-OH is 1. The highest BCUT2D eigenvalue weighted by atomic mass is 16.2. The smallest absolute Gasteiger partial charge is 0.242 e. The third-order valence-corrected chi connectivity index (χ3v) is 3.13. The topological polar surface area (TPSA) is 80.0 Å². The Labute approximate surface area is 120 Å². The molecule has 1 amide bonds. The van der Waals surface area contributed by atoms with E-state index in [4.69, 9.17) is 5.11 Å². The van der Waals surface area contributed by atoms with Gasteiger partial charge in [0, 0.05) is 18.8 Å². The van der Waals surface area contributed by atoms with Crippen molar-refractivity contribution in [3.63, 3.8) is 0 Å². The molecule has 20 heavy (non-hydrogen) atoms. The summed E-state index contributed by atoms with van der Waals surface area (Å²) in [6, 6.07) is 0.200. The number of hydrogen-bond acceptors (Lipinski definition) is 4. The number of aliphatic hydroxyl groups is 1. The highest BCUT2D eigenvalue weighted by Crippen LogP contribution is 2.03. The highest BCUT2D eigenvalue weighted by Gasteiger charge is 2.09. The van der Waals surface area contributed by atoms with Crippen molar-refractivity contribution in [2.24, 2.45) is 0 Å². The van der Waals surface area contributed by atoms with Gasteiger partial charge >= 0.3 is 0 Å². The second kappa shape index (κ2) is 9.47. The van der Waals surface area contributed by atoms with E-state index in [0.717, 1.165) is 18.5 Å². The van der Waals surface area contributed by atoms with Crippen molar-refractivity contribution in [3.05, 3.63) is 11.9 Å². The van der Waals surface area contributed by atoms with Crippen molar-refractivity contribution in [1.29, 1.82) is 0 Å². The third kappa shape index (κ3) is 6.65. The minimum absolute atomic E-state index is 0.0346. The standard InChI is InChI=1S/C14H26N4O2/c1-3-4-5-7-12(2)15-14(20)11-18-10-13(16-17-18)8-6-9-19/h10,12,19H,3-9,11H2,1-2H3,(H,15,20). The van der Waals surface area contributed by atoms with E-state index in [1.807, 2.05) is 6.92 Å². The van der Waals surface area contributed by atoms with Gasteiger partial charge in [0.05, 0.1) is 5.69 Å². The number of rotatable bonds is 10. The summed E-state index contributed by atoms with van der Waals surface area (Å²) in [5.74, 6) is -0.0346. The fourth-order valence-electron chi connectivity index (χ4n) is 2.03. The van der Waals surface area contributed by atoms with Gasteiger partial charge < -0.3 is 10.4 Å². The zero-order valence-electron chi connectivity index (χ0n) is 12.5. The predicted octanol–water partition coefficient (Wildman–Crippen LogP) is 1.29. The van der Waals surface area contributed by atoms with Crippen LogP contribution in [0, 0.1) is 0 Å². The molecule has 1 heterocycles. The van der Waals surface area contributed by atoms with Crippen molar-refractivity contribution in [1.82, 2.24) is 20.3 Å². The van der Waals surface area contributed by atoms with Crippen LogP contribution < -0.4 is 5.32 Å². The third-order valence-electron chi connectivity index (χ3n) is 3.13. The fourth-order valence-corrected chi connectivity index (χ4v) is 2.03. The first-order valence-electron chi connectivity index (χ1n) is 7.45. The normalized spacial score (nSPS) is 12.3. The van der Waals surface area contributed by atoms with Crippen molar-refractivity contribution < 1.29 is 9.90 Å². The van der Waals surface area contributed by atoms with Gasteiger partial charge in [-0.25, -0.2) is 4.68 Å². The lowest BCUT2D eigenvalue weighted by atomic mass is 10.1. The zero-order valence-corrected chi connectivity index (χ0v) is 12.5. The van der Waals surface area contributed by atoms with Gasteiger partial charge in [-0.3, -0.25) is 4.79 Å². The Hall–Kier alpha value is -1.43. The molecule has 1 rings (SSSR count). The molecule has 0 aliphatic carbocycles. The van der Waals surface area contributed by atoms with Gasteiger partial charge in [-0.15, -0.1) is 5.10 Å². The van der Waals surface area contributed by atoms with E-state index in [1.165, 1.54) is 12.8 Å². The number of nitrogens with zero attached hydrogens (tertiary/aromatic N) is 3. The molecule has 114 valence electrons. The van der Waals surface area contributed by atoms with Crippen molar-refractivity contribution in [2.75, 3.05) is 6.61 Å². The van der Waals surface area contributed by atoms with Gasteiger partial charge in [0.15, 0.2) is 0 Å². The molecule has 6 heteroatoms. The minimum Gasteiger partial charge on any atom is -0.396 e. The Morgan fingerprint density at radius 3 is 2.95 bits per heavy atom. The molecule has 0 fully saturated rings. The first-order valence-corrected chi connectivity index (χ1v) is 7.45. The maximum Gasteiger partial charge on any atom is 0.242 e. The van der Waals surface area contributed by atoms with Gasteiger partial charge in [0.25, 0.3) is 0 Å². The maximum absolute atomic E-state index is 11.8. The van der Waals surface area contributed by atoms with Crippen LogP contribution in [0.2, 0.25) is 0 Å². The summed E-state index contributed by atoms with van der Waals surface area (Å²) in [4.78, 5) is 11.8. The molecule has 1 atom stereocenters. The molecule has 0 saturated heterocycles. The lowest BCUT2D eigenvalue weighted by Gasteiger charge is -2.13. The first kappa shape index (κ1) is 16.6. The molecule has 0 spiro atoms. The molecular weight excluding hydrogens is 256 g/mol. The number of unbranched alkanes of at least 4 members (excludes halogenated alkanes) is 2. The quantitative estimate of drug-likeness (QED) is 0.634. The Kier molecular flexibility index (Phi) is 7.87. The molecular formula is C14H26N4O2. The van der Waals surface area contributed by atoms with Crippen LogP contribution in [0.5, 0.6) is 0 Å². The number of carbonyl (C=O) groups excluding carboxylic acids is 1. The minimum atomic E-state index is -0.0346. The number of amides is 1. The van der Waals surface area contributed by atoms with Crippen molar-refractivity contribution in [2.45, 2.75) is 65.0 Å². The van der Waals surface area contributed by atoms with Crippen LogP contribution >= 0.6 is 0 Å². The SMILES string of the molecule is CCCCCC(C)NC(=O)Cn1cc(CCCO)nn1. The Balaban J connectivity index is 2.28. The molecule has 6 nitrogen and oxygen atoms in total. The summed E-state index contributed by atoms with van der Waals surface area (Å²) in [7, 11) is 0. The molecule has 0 bridgehead atoms. The fraction of sp³-hybridized carbons (Fsp3) is 0.786. The average molecular weight is 282 g/mol. The summed E-state index contributed by atoms with van der Waals surface area (Å²) in [6.07, 6.45) is 7.67. The van der Waals surface area contributed by atoms with Crippen LogP contribution in [0.15, 0.2) is 6.20 Å². The van der Waals surface area contributed by atoms with Gasteiger partial charge in [-0.1, -0.05) is 31.4 Å². The van der Waals surface area contributed by atoms with E-state index in [2.05, 4.69) is 22.6 Å². The lowest BCUT2D eigenvalue weighted by molar-refractivity contribution is -0.122. The summed E-state index contributed by atoms with van der Waals surface area (Å²) in [5.41, 5.74) is 0.808. The molecule has 0 aliphatic rings. The van der Waals surface area contributed by atoms with Gasteiger partial charge in [-0.2, -0.15) is 0 Å². The number of nitrogens with one attached hydrogen (secondary N) is 1. The summed E-state index contributed by atoms with van der Waals surface area (Å²) >= 11 is 0. The van der Waals surface area contributed by atoms with Gasteiger partial charge in [-0.05, 0) is 26.2 Å². The van der Waals surface area contributed by atoms with E-state index in [0.29, 0.717) is 12.8 Å². The van der Waals surface area contributed by atoms with E-state index in [1.54, 1.807) is 10.9 Å². The molecule has 2 N–H and O–H groups in total. The van der Waals surface area contributed by atoms with Crippen LogP contribution in [0.25, 0.3) is 0 Å². The average Bonchev–Trinajstić information content (AvgIpc) is 2.84. The number of aryl methyl sites for hydroxylation is 1. The van der Waals surface area contributed by atoms with Crippen LogP contribution in [0.3, 0.4) is 0 Å². The number of hydrogen-bond donors (Lipinski definition) is 2. The molecule has 1 aromatic rings. The largest absolute Gasteiger partial charge is 0.396 e. The number of aromatic nitrogens is 3. The Bertz CT molecular complexity index is 392. The Morgan fingerprint density at radius 1 is 1.45 bits per heavy atom. The summed E-state index contributed by atoms with van der Waals surface area (Å²) in [5, 5.41) is 19.6. The van der Waals surface area contributed by atoms with Gasteiger partial charge in [0.1, 0.15) is 6.54 Å². The predicted molar refractivity (Wildman–Crippen MR) is 77.2 cm³/mol. The lowest BCUT2D eigenvalue weighted by Crippen LogP contribution is -2.35. The molecule has 0 aliphatic heterocycles. The maximum atomic E-state index is 11.8. The van der Waals surface area contributed by atoms with E-state index < -0.39 is 0 Å². The second-order valence-electron chi connectivity index (χ2n) is 5.20. The van der Waals surface area contributed by atoms with Crippen molar-refractivity contribution >= 4 is 5.91 Å². The van der Waals surface area contributed by atoms with Crippen molar-refractivity contribution in [3.8, 4) is 0 Å². The molecule has 0 aromatic carbocycles. The molecule has 0 saturated carbocycles. The highest BCUT2D eigenvalue weighted by molar-refractivity contribution is 5.75. The van der Waals surface area contributed by atoms with E-state index >= 15 is 0 Å². The van der Waals surface area contributed by atoms with E-state index in [-0.39, 0.29) is 25.1 Å². The van der Waals surface area contributed by atoms with Crippen LogP contribution in [-0.4, -0.2) is 38.7 Å². The van der Waals surface area contributed by atoms with Crippen LogP contribution in [0.4, 0.5) is 0 Å². The second-order valence-corrected chi connectivity index (χ2v) is 5.20. The van der Waals surface area contributed by atoms with Gasteiger partial charge in [0.2, 0.25) is 5.91 Å². The molecule has 0 radical (unpaired) electrons. The first-order chi connectivity index (χ1) is 9.65. The van der Waals surface area contributed by atoms with Crippen LogP contribution in [0.1, 0.15) is 51.6 Å². The Morgan fingerprint density at radius 2 is 2.25 bits per heavy atom. The zero-order chi connectivity index (χ0) is 14.8. The summed E-state index contributed by atoms with van der Waals surface area (Å²) < 4.78 is 1.54. The summed E-state index contributed by atoms with van der Waals surface area (Å²) in [6.45, 7) is 4.54. The van der Waals surface area contributed by atoms with E-state index in [9.17, 15) is 4.79 Å². The monoisotopic (exact) mass is 282 g/mol.